The van der Waals surface area contributed by atoms with Crippen LogP contribution in [0.15, 0.2) is 36.8 Å². The van der Waals surface area contributed by atoms with Crippen molar-refractivity contribution in [3.63, 3.8) is 0 Å². The number of halogens is 1. The van der Waals surface area contributed by atoms with Crippen LogP contribution in [0.2, 0.25) is 0 Å². The molecule has 1 fully saturated rings. The second-order valence-corrected chi connectivity index (χ2v) is 7.53. The first kappa shape index (κ1) is 19.2. The molecule has 1 aliphatic heterocycles. The first-order valence-electron chi connectivity index (χ1n) is 10.1. The molecule has 11 heteroatoms. The number of amides is 1. The summed E-state index contributed by atoms with van der Waals surface area (Å²) < 4.78 is 18.0. The fraction of sp³-hybridized carbons (Fsp3) is 0.350. The number of anilines is 2. The fourth-order valence-electron chi connectivity index (χ4n) is 3.94. The molecule has 0 radical (unpaired) electrons. The zero-order chi connectivity index (χ0) is 21.5. The number of fused-ring (bicyclic) bond motifs is 2. The fourth-order valence-corrected chi connectivity index (χ4v) is 3.94. The highest BCUT2D eigenvalue weighted by atomic mass is 19.1. The Morgan fingerprint density at radius 1 is 1.19 bits per heavy atom. The summed E-state index contributed by atoms with van der Waals surface area (Å²) >= 11 is 0. The molecule has 2 N–H and O–H groups in total. The van der Waals surface area contributed by atoms with Gasteiger partial charge in [0.25, 0.3) is 0 Å². The molecule has 160 valence electrons. The van der Waals surface area contributed by atoms with Gasteiger partial charge in [0.2, 0.25) is 11.9 Å². The van der Waals surface area contributed by atoms with E-state index in [1.54, 1.807) is 28.5 Å². The molecule has 0 aliphatic carbocycles. The van der Waals surface area contributed by atoms with Crippen LogP contribution in [0, 0.1) is 0 Å². The van der Waals surface area contributed by atoms with E-state index in [1.165, 1.54) is 11.8 Å². The number of likely N-dealkylation sites (tertiary alicyclic amines) is 1. The molecule has 1 amide bonds. The largest absolute Gasteiger partial charge is 0.371 e. The lowest BCUT2D eigenvalue weighted by Crippen LogP contribution is -2.49. The molecule has 4 aromatic rings. The minimum absolute atomic E-state index is 0.0736. The molecule has 5 rings (SSSR count). The van der Waals surface area contributed by atoms with Crippen molar-refractivity contribution in [1.29, 1.82) is 0 Å². The van der Waals surface area contributed by atoms with Gasteiger partial charge in [-0.1, -0.05) is 0 Å². The van der Waals surface area contributed by atoms with E-state index in [0.29, 0.717) is 24.7 Å². The number of hydrogen-bond donors (Lipinski definition) is 2. The SMILES string of the molecule is CNc1nc(N[C@H]2CCN(C(C)=O)C[C@H]2F)nn2ccc(-c3ccc4nccn4n3)c12. The standard InChI is InChI=1S/C20H22FN9O/c1-12(31)28-8-6-16(14(21)11-28)24-20-25-19(22-2)18-13(5-9-30(18)27-20)15-3-4-17-23-7-10-29(17)26-15/h3-5,7,9-10,14,16H,6,8,11H2,1-2H3,(H2,22,24,25,27)/t14-,16+/m1/s1. The highest BCUT2D eigenvalue weighted by molar-refractivity contribution is 5.87. The van der Waals surface area contributed by atoms with Crippen LogP contribution in [-0.4, -0.2) is 72.4 Å². The van der Waals surface area contributed by atoms with Gasteiger partial charge in [0.05, 0.1) is 18.3 Å². The van der Waals surface area contributed by atoms with Crippen molar-refractivity contribution in [2.24, 2.45) is 0 Å². The first-order valence-corrected chi connectivity index (χ1v) is 10.1. The summed E-state index contributed by atoms with van der Waals surface area (Å²) in [5, 5.41) is 15.3. The number of piperidine rings is 1. The van der Waals surface area contributed by atoms with Gasteiger partial charge in [0.1, 0.15) is 11.7 Å². The van der Waals surface area contributed by atoms with E-state index in [1.807, 2.05) is 24.4 Å². The second-order valence-electron chi connectivity index (χ2n) is 7.53. The third kappa shape index (κ3) is 3.41. The quantitative estimate of drug-likeness (QED) is 0.516. The monoisotopic (exact) mass is 423 g/mol. The molecule has 0 aromatic carbocycles. The predicted octanol–water partition coefficient (Wildman–Crippen LogP) is 1.85. The average Bonchev–Trinajstić information content (AvgIpc) is 3.40. The predicted molar refractivity (Wildman–Crippen MR) is 114 cm³/mol. The Kier molecular flexibility index (Phi) is 4.64. The molecule has 0 unspecified atom stereocenters. The number of aromatic nitrogens is 6. The molecule has 5 heterocycles. The lowest BCUT2D eigenvalue weighted by molar-refractivity contribution is -0.131. The minimum Gasteiger partial charge on any atom is -0.371 e. The zero-order valence-corrected chi connectivity index (χ0v) is 17.2. The van der Waals surface area contributed by atoms with Gasteiger partial charge in [-0.3, -0.25) is 4.79 Å². The molecule has 0 saturated carbocycles. The maximum Gasteiger partial charge on any atom is 0.243 e. The van der Waals surface area contributed by atoms with Crippen LogP contribution in [0.1, 0.15) is 13.3 Å². The molecule has 31 heavy (non-hydrogen) atoms. The van der Waals surface area contributed by atoms with E-state index in [0.717, 1.165) is 22.4 Å². The summed E-state index contributed by atoms with van der Waals surface area (Å²) in [7, 11) is 1.78. The second kappa shape index (κ2) is 7.49. The summed E-state index contributed by atoms with van der Waals surface area (Å²) in [6, 6.07) is 5.26. The number of nitrogens with one attached hydrogen (secondary N) is 2. The maximum atomic E-state index is 14.6. The van der Waals surface area contributed by atoms with E-state index in [4.69, 9.17) is 0 Å². The van der Waals surface area contributed by atoms with E-state index in [2.05, 4.69) is 30.8 Å². The molecule has 1 aliphatic rings. The normalized spacial score (nSPS) is 19.1. The Morgan fingerprint density at radius 3 is 2.84 bits per heavy atom. The van der Waals surface area contributed by atoms with Crippen LogP contribution in [0.25, 0.3) is 22.4 Å². The molecule has 2 atom stereocenters. The van der Waals surface area contributed by atoms with Crippen LogP contribution >= 0.6 is 0 Å². The van der Waals surface area contributed by atoms with E-state index >= 15 is 0 Å². The van der Waals surface area contributed by atoms with Crippen LogP contribution in [-0.2, 0) is 4.79 Å². The zero-order valence-electron chi connectivity index (χ0n) is 17.2. The first-order chi connectivity index (χ1) is 15.0. The van der Waals surface area contributed by atoms with Crippen LogP contribution in [0.4, 0.5) is 16.2 Å². The highest BCUT2D eigenvalue weighted by Gasteiger charge is 2.31. The van der Waals surface area contributed by atoms with Crippen molar-refractivity contribution in [2.45, 2.75) is 25.6 Å². The summed E-state index contributed by atoms with van der Waals surface area (Å²) in [4.78, 5) is 21.8. The molecule has 0 spiro atoms. The molecule has 4 aromatic heterocycles. The molecule has 1 saturated heterocycles. The van der Waals surface area contributed by atoms with Crippen molar-refractivity contribution >= 4 is 28.8 Å². The molecule has 0 bridgehead atoms. The number of carbonyl (C=O) groups is 1. The van der Waals surface area contributed by atoms with Crippen molar-refractivity contribution in [1.82, 2.24) is 34.1 Å². The van der Waals surface area contributed by atoms with Crippen molar-refractivity contribution in [2.75, 3.05) is 30.8 Å². The summed E-state index contributed by atoms with van der Waals surface area (Å²) in [6.07, 6.45) is 4.61. The average molecular weight is 423 g/mol. The lowest BCUT2D eigenvalue weighted by Gasteiger charge is -2.34. The Morgan fingerprint density at radius 2 is 2.06 bits per heavy atom. The number of carbonyl (C=O) groups excluding carboxylic acids is 1. The Hall–Kier alpha value is -3.76. The third-order valence-electron chi connectivity index (χ3n) is 5.58. The molecule has 10 nitrogen and oxygen atoms in total. The van der Waals surface area contributed by atoms with Crippen LogP contribution in [0.5, 0.6) is 0 Å². The maximum absolute atomic E-state index is 14.6. The van der Waals surface area contributed by atoms with Gasteiger partial charge >= 0.3 is 0 Å². The number of imidazole rings is 1. The summed E-state index contributed by atoms with van der Waals surface area (Å²) in [6.45, 7) is 2.04. The number of hydrogen-bond acceptors (Lipinski definition) is 7. The number of alkyl halides is 1. The molecular weight excluding hydrogens is 401 g/mol. The van der Waals surface area contributed by atoms with Gasteiger partial charge in [0.15, 0.2) is 11.5 Å². The van der Waals surface area contributed by atoms with Gasteiger partial charge in [0, 0.05) is 44.7 Å². The minimum atomic E-state index is -1.19. The topological polar surface area (TPSA) is 105 Å². The van der Waals surface area contributed by atoms with Gasteiger partial charge in [-0.05, 0) is 24.6 Å². The van der Waals surface area contributed by atoms with E-state index < -0.39 is 12.2 Å². The van der Waals surface area contributed by atoms with Gasteiger partial charge in [-0.2, -0.15) is 10.1 Å². The van der Waals surface area contributed by atoms with Gasteiger partial charge < -0.3 is 15.5 Å². The van der Waals surface area contributed by atoms with Gasteiger partial charge in [-0.15, -0.1) is 5.10 Å². The van der Waals surface area contributed by atoms with Crippen molar-refractivity contribution < 1.29 is 9.18 Å². The molecular formula is C20H22FN9O. The Bertz CT molecular complexity index is 1270. The number of nitrogens with zero attached hydrogens (tertiary/aromatic N) is 7. The van der Waals surface area contributed by atoms with E-state index in [9.17, 15) is 9.18 Å². The Labute approximate surface area is 177 Å². The van der Waals surface area contributed by atoms with Gasteiger partial charge in [-0.25, -0.2) is 18.4 Å². The highest BCUT2D eigenvalue weighted by Crippen LogP contribution is 2.29. The lowest BCUT2D eigenvalue weighted by atomic mass is 10.0. The Balaban J connectivity index is 1.46. The van der Waals surface area contributed by atoms with Crippen LogP contribution < -0.4 is 10.6 Å². The van der Waals surface area contributed by atoms with Crippen LogP contribution in [0.3, 0.4) is 0 Å². The number of rotatable bonds is 4. The summed E-state index contributed by atoms with van der Waals surface area (Å²) in [5.74, 6) is 0.807. The van der Waals surface area contributed by atoms with Crippen molar-refractivity contribution in [3.05, 3.63) is 36.8 Å². The van der Waals surface area contributed by atoms with Crippen molar-refractivity contribution in [3.8, 4) is 11.3 Å². The smallest absolute Gasteiger partial charge is 0.243 e. The van der Waals surface area contributed by atoms with E-state index in [-0.39, 0.29) is 12.5 Å². The third-order valence-corrected chi connectivity index (χ3v) is 5.58. The summed E-state index contributed by atoms with van der Waals surface area (Å²) in [5.41, 5.74) is 3.16.